The quantitative estimate of drug-likeness (QED) is 0.891. The summed E-state index contributed by atoms with van der Waals surface area (Å²) < 4.78 is 13.0. The van der Waals surface area contributed by atoms with E-state index in [1.165, 1.54) is 12.1 Å². The largest absolute Gasteiger partial charge is 0.391 e. The van der Waals surface area contributed by atoms with Crippen molar-refractivity contribution in [2.75, 3.05) is 13.1 Å². The fourth-order valence-electron chi connectivity index (χ4n) is 2.72. The number of aliphatic hydroxyl groups excluding tert-OH is 1. The summed E-state index contributed by atoms with van der Waals surface area (Å²) in [5, 5.41) is 9.70. The van der Waals surface area contributed by atoms with Crippen molar-refractivity contribution in [3.8, 4) is 11.1 Å². The number of aromatic amines is 1. The fraction of sp³-hybridized carbons (Fsp3) is 0.312. The van der Waals surface area contributed by atoms with Gasteiger partial charge in [0.05, 0.1) is 11.7 Å². The zero-order valence-electron chi connectivity index (χ0n) is 11.6. The van der Waals surface area contributed by atoms with Gasteiger partial charge in [-0.25, -0.2) is 4.39 Å². The molecule has 1 atom stereocenters. The van der Waals surface area contributed by atoms with Crippen LogP contribution in [0.1, 0.15) is 23.2 Å². The van der Waals surface area contributed by atoms with Crippen LogP contribution in [0.5, 0.6) is 0 Å². The number of β-amino-alcohol motifs (C(OH)–C–C–N with tert-alkyl or cyclic N) is 1. The van der Waals surface area contributed by atoms with Crippen LogP contribution in [0.4, 0.5) is 4.39 Å². The number of aliphatic hydroxyl groups is 1. The van der Waals surface area contributed by atoms with E-state index in [0.717, 1.165) is 24.0 Å². The number of piperidine rings is 1. The predicted molar refractivity (Wildman–Crippen MR) is 77.3 cm³/mol. The number of hydrogen-bond donors (Lipinski definition) is 2. The number of H-pyrrole nitrogens is 1. The number of hydrogen-bond acceptors (Lipinski definition) is 2. The van der Waals surface area contributed by atoms with E-state index in [-0.39, 0.29) is 11.7 Å². The molecule has 1 amide bonds. The van der Waals surface area contributed by atoms with E-state index in [1.54, 1.807) is 29.4 Å². The van der Waals surface area contributed by atoms with E-state index < -0.39 is 6.10 Å². The van der Waals surface area contributed by atoms with Gasteiger partial charge >= 0.3 is 0 Å². The van der Waals surface area contributed by atoms with Gasteiger partial charge in [-0.3, -0.25) is 4.79 Å². The van der Waals surface area contributed by atoms with Gasteiger partial charge < -0.3 is 15.0 Å². The first-order valence-corrected chi connectivity index (χ1v) is 7.05. The van der Waals surface area contributed by atoms with Gasteiger partial charge in [0, 0.05) is 31.0 Å². The third-order valence-electron chi connectivity index (χ3n) is 3.81. The van der Waals surface area contributed by atoms with E-state index in [9.17, 15) is 14.3 Å². The number of likely N-dealkylation sites (tertiary alicyclic amines) is 1. The lowest BCUT2D eigenvalue weighted by Crippen LogP contribution is -2.42. The van der Waals surface area contributed by atoms with Crippen molar-refractivity contribution in [2.45, 2.75) is 18.9 Å². The van der Waals surface area contributed by atoms with Crippen molar-refractivity contribution in [1.29, 1.82) is 0 Å². The van der Waals surface area contributed by atoms with Crippen LogP contribution in [-0.4, -0.2) is 40.1 Å². The molecule has 1 aliphatic heterocycles. The summed E-state index contributed by atoms with van der Waals surface area (Å²) in [6.45, 7) is 1.02. The average Bonchev–Trinajstić information content (AvgIpc) is 2.96. The van der Waals surface area contributed by atoms with Crippen molar-refractivity contribution in [2.24, 2.45) is 0 Å². The van der Waals surface area contributed by atoms with Crippen molar-refractivity contribution >= 4 is 5.91 Å². The molecule has 21 heavy (non-hydrogen) atoms. The molecule has 1 saturated heterocycles. The van der Waals surface area contributed by atoms with Crippen molar-refractivity contribution in [3.05, 3.63) is 48.0 Å². The van der Waals surface area contributed by atoms with Gasteiger partial charge in [-0.1, -0.05) is 12.1 Å². The van der Waals surface area contributed by atoms with Crippen LogP contribution < -0.4 is 0 Å². The topological polar surface area (TPSA) is 56.3 Å². The molecule has 2 N–H and O–H groups in total. The number of carbonyl (C=O) groups excluding carboxylic acids is 1. The third kappa shape index (κ3) is 2.83. The van der Waals surface area contributed by atoms with Crippen LogP contribution in [0, 0.1) is 5.82 Å². The normalized spacial score (nSPS) is 18.8. The molecule has 1 fully saturated rings. The summed E-state index contributed by atoms with van der Waals surface area (Å²) in [4.78, 5) is 17.2. The van der Waals surface area contributed by atoms with E-state index in [4.69, 9.17) is 0 Å². The molecule has 0 spiro atoms. The van der Waals surface area contributed by atoms with Crippen molar-refractivity contribution < 1.29 is 14.3 Å². The summed E-state index contributed by atoms with van der Waals surface area (Å²) in [5.41, 5.74) is 2.09. The number of nitrogens with one attached hydrogen (secondary N) is 1. The van der Waals surface area contributed by atoms with Gasteiger partial charge in [-0.15, -0.1) is 0 Å². The lowest BCUT2D eigenvalue weighted by atomic mass is 10.0. The molecule has 1 aromatic carbocycles. The van der Waals surface area contributed by atoms with Crippen LogP contribution in [-0.2, 0) is 0 Å². The highest BCUT2D eigenvalue weighted by atomic mass is 19.1. The summed E-state index contributed by atoms with van der Waals surface area (Å²) in [7, 11) is 0. The number of amides is 1. The molecular weight excluding hydrogens is 271 g/mol. The second-order valence-corrected chi connectivity index (χ2v) is 5.34. The van der Waals surface area contributed by atoms with Gasteiger partial charge in [0.2, 0.25) is 0 Å². The number of benzene rings is 1. The Morgan fingerprint density at radius 1 is 1.29 bits per heavy atom. The highest BCUT2D eigenvalue weighted by Crippen LogP contribution is 2.26. The van der Waals surface area contributed by atoms with Gasteiger partial charge in [0.1, 0.15) is 5.82 Å². The fourth-order valence-corrected chi connectivity index (χ4v) is 2.72. The maximum absolute atomic E-state index is 13.0. The maximum atomic E-state index is 13.0. The molecule has 0 saturated carbocycles. The van der Waals surface area contributed by atoms with E-state index in [0.29, 0.717) is 18.7 Å². The first kappa shape index (κ1) is 13.8. The highest BCUT2D eigenvalue weighted by molar-refractivity contribution is 6.00. The van der Waals surface area contributed by atoms with E-state index in [1.807, 2.05) is 0 Å². The van der Waals surface area contributed by atoms with Crippen LogP contribution in [0.25, 0.3) is 11.1 Å². The van der Waals surface area contributed by atoms with Crippen LogP contribution in [0.3, 0.4) is 0 Å². The number of nitrogens with zero attached hydrogens (tertiary/aromatic N) is 1. The van der Waals surface area contributed by atoms with E-state index >= 15 is 0 Å². The Balaban J connectivity index is 1.88. The van der Waals surface area contributed by atoms with Crippen LogP contribution in [0.2, 0.25) is 0 Å². The summed E-state index contributed by atoms with van der Waals surface area (Å²) in [5.74, 6) is -0.407. The Bertz CT molecular complexity index is 636. The van der Waals surface area contributed by atoms with Crippen molar-refractivity contribution in [3.63, 3.8) is 0 Å². The van der Waals surface area contributed by atoms with E-state index in [2.05, 4.69) is 4.98 Å². The Morgan fingerprint density at radius 3 is 2.76 bits per heavy atom. The number of carbonyl (C=O) groups is 1. The lowest BCUT2D eigenvalue weighted by Gasteiger charge is -2.30. The molecule has 1 aromatic heterocycles. The van der Waals surface area contributed by atoms with Gasteiger partial charge in [-0.2, -0.15) is 0 Å². The summed E-state index contributed by atoms with van der Waals surface area (Å²) >= 11 is 0. The van der Waals surface area contributed by atoms with Crippen LogP contribution in [0.15, 0.2) is 36.7 Å². The molecule has 3 rings (SSSR count). The predicted octanol–water partition coefficient (Wildman–Crippen LogP) is 2.42. The molecule has 1 aliphatic rings. The Morgan fingerprint density at radius 2 is 2.05 bits per heavy atom. The Labute approximate surface area is 122 Å². The van der Waals surface area contributed by atoms with Gasteiger partial charge in [0.15, 0.2) is 0 Å². The molecule has 0 radical (unpaired) electrons. The zero-order chi connectivity index (χ0) is 14.8. The molecule has 2 heterocycles. The molecule has 0 bridgehead atoms. The third-order valence-corrected chi connectivity index (χ3v) is 3.81. The second kappa shape index (κ2) is 5.69. The molecule has 0 aliphatic carbocycles. The molecule has 5 heteroatoms. The average molecular weight is 288 g/mol. The SMILES string of the molecule is O=C(c1c[nH]cc1-c1ccc(F)cc1)N1CCCC(O)C1. The molecule has 110 valence electrons. The monoisotopic (exact) mass is 288 g/mol. The number of rotatable bonds is 2. The maximum Gasteiger partial charge on any atom is 0.256 e. The zero-order valence-corrected chi connectivity index (χ0v) is 11.6. The highest BCUT2D eigenvalue weighted by Gasteiger charge is 2.25. The smallest absolute Gasteiger partial charge is 0.256 e. The van der Waals surface area contributed by atoms with Gasteiger partial charge in [-0.05, 0) is 30.5 Å². The number of aromatic nitrogens is 1. The standard InChI is InChI=1S/C16H17FN2O2/c17-12-5-3-11(4-6-12)14-8-18-9-15(14)16(21)19-7-1-2-13(20)10-19/h3-6,8-9,13,18,20H,1-2,7,10H2. The summed E-state index contributed by atoms with van der Waals surface area (Å²) in [6.07, 6.45) is 4.49. The molecule has 2 aromatic rings. The van der Waals surface area contributed by atoms with Crippen molar-refractivity contribution in [1.82, 2.24) is 9.88 Å². The Hall–Kier alpha value is -2.14. The van der Waals surface area contributed by atoms with Gasteiger partial charge in [0.25, 0.3) is 5.91 Å². The minimum absolute atomic E-state index is 0.102. The minimum Gasteiger partial charge on any atom is -0.391 e. The lowest BCUT2D eigenvalue weighted by molar-refractivity contribution is 0.0474. The number of halogens is 1. The molecule has 4 nitrogen and oxygen atoms in total. The first-order chi connectivity index (χ1) is 10.1. The first-order valence-electron chi connectivity index (χ1n) is 7.05. The molecular formula is C16H17FN2O2. The van der Waals surface area contributed by atoms with Crippen LogP contribution >= 0.6 is 0 Å². The second-order valence-electron chi connectivity index (χ2n) is 5.34. The summed E-state index contributed by atoms with van der Waals surface area (Å²) in [6, 6.07) is 6.06. The Kier molecular flexibility index (Phi) is 3.75. The molecule has 1 unspecified atom stereocenters. The minimum atomic E-state index is -0.448.